The number of fused-ring (bicyclic) bond motifs is 2. The average molecular weight is 288 g/mol. The highest BCUT2D eigenvalue weighted by molar-refractivity contribution is 7.24. The van der Waals surface area contributed by atoms with Crippen LogP contribution in [0.15, 0.2) is 53.3 Å². The van der Waals surface area contributed by atoms with Crippen molar-refractivity contribution in [2.45, 2.75) is 6.92 Å². The smallest absolute Gasteiger partial charge is 0.301 e. The SMILES string of the molecule is CC(=O)OO.O=c1c2ccccc2sc2ccccc12. The van der Waals surface area contributed by atoms with Crippen molar-refractivity contribution in [3.63, 3.8) is 0 Å². The molecule has 1 N–H and O–H groups in total. The minimum atomic E-state index is -0.690. The number of carbonyl (C=O) groups excluding carboxylic acids is 1. The Bertz CT molecular complexity index is 750. The molecule has 0 bridgehead atoms. The molecule has 0 aliphatic carbocycles. The minimum Gasteiger partial charge on any atom is -0.301 e. The molecule has 1 heterocycles. The first-order valence-corrected chi connectivity index (χ1v) is 6.67. The lowest BCUT2D eigenvalue weighted by atomic mass is 10.2. The lowest BCUT2D eigenvalue weighted by Gasteiger charge is -1.99. The van der Waals surface area contributed by atoms with E-state index in [1.165, 1.54) is 0 Å². The molecule has 102 valence electrons. The fraction of sp³-hybridized carbons (Fsp3) is 0.0667. The van der Waals surface area contributed by atoms with E-state index in [0.717, 1.165) is 27.1 Å². The zero-order valence-corrected chi connectivity index (χ0v) is 11.5. The van der Waals surface area contributed by atoms with Crippen LogP contribution >= 0.6 is 11.3 Å². The van der Waals surface area contributed by atoms with Gasteiger partial charge in [0, 0.05) is 27.1 Å². The molecule has 0 saturated carbocycles. The molecule has 4 nitrogen and oxygen atoms in total. The van der Waals surface area contributed by atoms with Crippen LogP contribution in [0, 0.1) is 0 Å². The molecule has 2 aromatic carbocycles. The first-order valence-electron chi connectivity index (χ1n) is 5.86. The van der Waals surface area contributed by atoms with Crippen LogP contribution in [0.5, 0.6) is 0 Å². The molecule has 20 heavy (non-hydrogen) atoms. The van der Waals surface area contributed by atoms with Crippen LogP contribution in [0.1, 0.15) is 6.92 Å². The average Bonchev–Trinajstić information content (AvgIpc) is 2.48. The molecule has 0 atom stereocenters. The molecule has 0 amide bonds. The van der Waals surface area contributed by atoms with Gasteiger partial charge < -0.3 is 4.89 Å². The number of hydrogen-bond acceptors (Lipinski definition) is 5. The van der Waals surface area contributed by atoms with Crippen LogP contribution in [0.3, 0.4) is 0 Å². The fourth-order valence-corrected chi connectivity index (χ4v) is 2.82. The van der Waals surface area contributed by atoms with Crippen molar-refractivity contribution >= 4 is 37.5 Å². The van der Waals surface area contributed by atoms with Crippen molar-refractivity contribution in [2.75, 3.05) is 0 Å². The Kier molecular flexibility index (Phi) is 4.45. The summed E-state index contributed by atoms with van der Waals surface area (Å²) in [6.45, 7) is 1.11. The summed E-state index contributed by atoms with van der Waals surface area (Å²) in [7, 11) is 0. The van der Waals surface area contributed by atoms with Crippen LogP contribution in [-0.4, -0.2) is 11.2 Å². The van der Waals surface area contributed by atoms with E-state index >= 15 is 0 Å². The number of rotatable bonds is 0. The predicted molar refractivity (Wildman–Crippen MR) is 80.0 cm³/mol. The summed E-state index contributed by atoms with van der Waals surface area (Å²) in [5.74, 6) is -0.690. The first kappa shape index (κ1) is 14.2. The maximum absolute atomic E-state index is 12.1. The lowest BCUT2D eigenvalue weighted by molar-refractivity contribution is -0.231. The van der Waals surface area contributed by atoms with Crippen LogP contribution in [0.2, 0.25) is 0 Å². The maximum atomic E-state index is 12.1. The van der Waals surface area contributed by atoms with E-state index in [4.69, 9.17) is 5.26 Å². The minimum absolute atomic E-state index is 0.139. The first-order chi connectivity index (χ1) is 9.63. The lowest BCUT2D eigenvalue weighted by Crippen LogP contribution is -1.99. The van der Waals surface area contributed by atoms with E-state index in [1.54, 1.807) is 11.3 Å². The molecule has 0 aliphatic rings. The molecular formula is C15H12O4S. The van der Waals surface area contributed by atoms with Gasteiger partial charge in [-0.1, -0.05) is 24.3 Å². The standard InChI is InChI=1S/C13H8OS.C2H4O3/c14-13-9-5-1-3-7-11(9)15-12-8-4-2-6-10(12)13;1-2(3)5-4/h1-8H;4H,1H3. The third-order valence-electron chi connectivity index (χ3n) is 2.61. The van der Waals surface area contributed by atoms with Crippen molar-refractivity contribution in [2.24, 2.45) is 0 Å². The Morgan fingerprint density at radius 2 is 1.40 bits per heavy atom. The molecule has 5 heteroatoms. The van der Waals surface area contributed by atoms with Gasteiger partial charge in [-0.3, -0.25) is 4.79 Å². The van der Waals surface area contributed by atoms with E-state index in [2.05, 4.69) is 4.89 Å². The highest BCUT2D eigenvalue weighted by atomic mass is 32.1. The van der Waals surface area contributed by atoms with Crippen LogP contribution in [0.4, 0.5) is 0 Å². The van der Waals surface area contributed by atoms with Gasteiger partial charge in [-0.2, -0.15) is 5.26 Å². The van der Waals surface area contributed by atoms with Crippen LogP contribution in [0.25, 0.3) is 20.2 Å². The van der Waals surface area contributed by atoms with Crippen molar-refractivity contribution < 1.29 is 14.9 Å². The summed E-state index contributed by atoms with van der Waals surface area (Å²) in [6.07, 6.45) is 0. The van der Waals surface area contributed by atoms with E-state index < -0.39 is 5.97 Å². The Labute approximate surface area is 118 Å². The second kappa shape index (κ2) is 6.27. The van der Waals surface area contributed by atoms with Gasteiger partial charge in [-0.05, 0) is 24.3 Å². The number of hydrogen-bond donors (Lipinski definition) is 1. The Morgan fingerprint density at radius 1 is 1.00 bits per heavy atom. The summed E-state index contributed by atoms with van der Waals surface area (Å²) in [4.78, 5) is 24.5. The molecular weight excluding hydrogens is 276 g/mol. The fourth-order valence-electron chi connectivity index (χ4n) is 1.75. The van der Waals surface area contributed by atoms with Crippen molar-refractivity contribution in [1.82, 2.24) is 0 Å². The third-order valence-corrected chi connectivity index (χ3v) is 3.76. The molecule has 0 radical (unpaired) electrons. The Balaban J connectivity index is 0.000000257. The van der Waals surface area contributed by atoms with E-state index in [9.17, 15) is 9.59 Å². The van der Waals surface area contributed by atoms with Crippen LogP contribution < -0.4 is 5.43 Å². The van der Waals surface area contributed by atoms with Crippen molar-refractivity contribution in [3.8, 4) is 0 Å². The van der Waals surface area contributed by atoms with Crippen molar-refractivity contribution in [3.05, 3.63) is 58.8 Å². The second-order valence-corrected chi connectivity index (χ2v) is 5.09. The monoisotopic (exact) mass is 288 g/mol. The maximum Gasteiger partial charge on any atom is 0.339 e. The molecule has 0 fully saturated rings. The van der Waals surface area contributed by atoms with Gasteiger partial charge in [-0.25, -0.2) is 4.79 Å². The van der Waals surface area contributed by atoms with Crippen molar-refractivity contribution in [1.29, 1.82) is 0 Å². The molecule has 3 rings (SSSR count). The summed E-state index contributed by atoms with van der Waals surface area (Å²) in [5.41, 5.74) is 0.139. The summed E-state index contributed by atoms with van der Waals surface area (Å²) in [6, 6.07) is 15.5. The topological polar surface area (TPSA) is 63.6 Å². The highest BCUT2D eigenvalue weighted by Gasteiger charge is 2.03. The van der Waals surface area contributed by atoms with Gasteiger partial charge in [0.1, 0.15) is 0 Å². The predicted octanol–water partition coefficient (Wildman–Crippen LogP) is 3.44. The van der Waals surface area contributed by atoms with Gasteiger partial charge in [0.15, 0.2) is 5.43 Å². The summed E-state index contributed by atoms with van der Waals surface area (Å²) >= 11 is 1.67. The number of benzene rings is 2. The molecule has 0 aliphatic heterocycles. The molecule has 0 saturated heterocycles. The zero-order valence-electron chi connectivity index (χ0n) is 10.7. The molecule has 0 spiro atoms. The van der Waals surface area contributed by atoms with E-state index in [1.807, 2.05) is 48.5 Å². The van der Waals surface area contributed by atoms with Gasteiger partial charge >= 0.3 is 5.97 Å². The number of carbonyl (C=O) groups is 1. The van der Waals surface area contributed by atoms with E-state index in [0.29, 0.717) is 0 Å². The summed E-state index contributed by atoms with van der Waals surface area (Å²) < 4.78 is 2.11. The largest absolute Gasteiger partial charge is 0.339 e. The van der Waals surface area contributed by atoms with Gasteiger partial charge in [0.05, 0.1) is 0 Å². The highest BCUT2D eigenvalue weighted by Crippen LogP contribution is 2.23. The van der Waals surface area contributed by atoms with Gasteiger partial charge in [-0.15, -0.1) is 11.3 Å². The molecule has 0 unspecified atom stereocenters. The Hall–Kier alpha value is -2.24. The van der Waals surface area contributed by atoms with E-state index in [-0.39, 0.29) is 5.43 Å². The quantitative estimate of drug-likeness (QED) is 0.391. The third kappa shape index (κ3) is 3.01. The summed E-state index contributed by atoms with van der Waals surface area (Å²) in [5, 5.41) is 8.94. The molecule has 3 aromatic rings. The van der Waals surface area contributed by atoms with Crippen LogP contribution in [-0.2, 0) is 9.68 Å². The Morgan fingerprint density at radius 3 is 1.80 bits per heavy atom. The normalized spacial score (nSPS) is 9.90. The second-order valence-electron chi connectivity index (χ2n) is 4.01. The van der Waals surface area contributed by atoms with Gasteiger partial charge in [0.25, 0.3) is 0 Å². The van der Waals surface area contributed by atoms with Gasteiger partial charge in [0.2, 0.25) is 0 Å². The molecule has 1 aromatic heterocycles. The zero-order chi connectivity index (χ0) is 14.5.